The molecule has 2 unspecified atom stereocenters. The number of ether oxygens (including phenoxy) is 1. The fraction of sp³-hybridized carbons (Fsp3) is 0.714. The Bertz CT molecular complexity index is 438. The first kappa shape index (κ1) is 19.2. The normalized spacial score (nSPS) is 25.0. The van der Waals surface area contributed by atoms with Crippen LogP contribution in [0, 0.1) is 5.92 Å². The van der Waals surface area contributed by atoms with Crippen LogP contribution in [0.3, 0.4) is 0 Å². The highest BCUT2D eigenvalue weighted by molar-refractivity contribution is 5.85. The van der Waals surface area contributed by atoms with E-state index in [0.717, 1.165) is 25.9 Å². The molecule has 8 heteroatoms. The molecule has 2 fully saturated rings. The standard InChI is InChI=1S/C14H22N4O2.2ClH/c19-14(12-3-1-4-15-9-12)17-7-8-20-13(10-17)11-18-6-2-5-16-18;;/h2,5-6,12-13,15H,1,3-4,7-11H2;2*1H. The minimum atomic E-state index is 0. The van der Waals surface area contributed by atoms with Gasteiger partial charge in [-0.1, -0.05) is 0 Å². The Labute approximate surface area is 143 Å². The molecule has 1 amide bonds. The second-order valence-electron chi connectivity index (χ2n) is 5.55. The summed E-state index contributed by atoms with van der Waals surface area (Å²) in [5, 5.41) is 7.50. The number of nitrogens with one attached hydrogen (secondary N) is 1. The Morgan fingerprint density at radius 3 is 2.95 bits per heavy atom. The minimum absolute atomic E-state index is 0. The van der Waals surface area contributed by atoms with E-state index in [0.29, 0.717) is 26.2 Å². The van der Waals surface area contributed by atoms with Gasteiger partial charge < -0.3 is 15.0 Å². The van der Waals surface area contributed by atoms with E-state index in [-0.39, 0.29) is 42.7 Å². The van der Waals surface area contributed by atoms with Crippen LogP contribution in [0.1, 0.15) is 12.8 Å². The second-order valence-corrected chi connectivity index (χ2v) is 5.55. The van der Waals surface area contributed by atoms with Gasteiger partial charge in [-0.25, -0.2) is 0 Å². The van der Waals surface area contributed by atoms with Crippen molar-refractivity contribution in [3.05, 3.63) is 18.5 Å². The Morgan fingerprint density at radius 2 is 2.27 bits per heavy atom. The quantitative estimate of drug-likeness (QED) is 0.881. The number of nitrogens with zero attached hydrogens (tertiary/aromatic N) is 3. The van der Waals surface area contributed by atoms with Gasteiger partial charge in [0, 0.05) is 32.0 Å². The molecule has 0 aliphatic carbocycles. The molecule has 126 valence electrons. The van der Waals surface area contributed by atoms with Crippen LogP contribution in [0.2, 0.25) is 0 Å². The molecule has 6 nitrogen and oxygen atoms in total. The number of hydrogen-bond acceptors (Lipinski definition) is 4. The summed E-state index contributed by atoms with van der Waals surface area (Å²) in [6.45, 7) is 4.58. The molecule has 2 aliphatic heterocycles. The third kappa shape index (κ3) is 4.84. The Morgan fingerprint density at radius 1 is 1.41 bits per heavy atom. The zero-order valence-corrected chi connectivity index (χ0v) is 14.2. The molecule has 0 radical (unpaired) electrons. The van der Waals surface area contributed by atoms with E-state index in [9.17, 15) is 4.79 Å². The summed E-state index contributed by atoms with van der Waals surface area (Å²) >= 11 is 0. The first-order valence-corrected chi connectivity index (χ1v) is 7.41. The van der Waals surface area contributed by atoms with Gasteiger partial charge in [0.1, 0.15) is 0 Å². The van der Waals surface area contributed by atoms with Gasteiger partial charge in [0.15, 0.2) is 0 Å². The zero-order chi connectivity index (χ0) is 13.8. The molecule has 2 saturated heterocycles. The van der Waals surface area contributed by atoms with Crippen LogP contribution in [0.4, 0.5) is 0 Å². The van der Waals surface area contributed by atoms with Crippen molar-refractivity contribution in [2.75, 3.05) is 32.8 Å². The molecule has 2 atom stereocenters. The number of hydrogen-bond donors (Lipinski definition) is 1. The third-order valence-electron chi connectivity index (χ3n) is 4.05. The topological polar surface area (TPSA) is 59.4 Å². The van der Waals surface area contributed by atoms with Gasteiger partial charge in [-0.15, -0.1) is 24.8 Å². The molecule has 0 saturated carbocycles. The van der Waals surface area contributed by atoms with Crippen LogP contribution in [0.5, 0.6) is 0 Å². The predicted octanol–water partition coefficient (Wildman–Crippen LogP) is 0.954. The number of carbonyl (C=O) groups excluding carboxylic acids is 1. The largest absolute Gasteiger partial charge is 0.373 e. The van der Waals surface area contributed by atoms with Gasteiger partial charge in [-0.05, 0) is 25.5 Å². The molecule has 1 N–H and O–H groups in total. The maximum atomic E-state index is 12.5. The monoisotopic (exact) mass is 350 g/mol. The van der Waals surface area contributed by atoms with Crippen molar-refractivity contribution in [1.29, 1.82) is 0 Å². The van der Waals surface area contributed by atoms with E-state index >= 15 is 0 Å². The lowest BCUT2D eigenvalue weighted by atomic mass is 9.98. The van der Waals surface area contributed by atoms with Crippen molar-refractivity contribution in [2.24, 2.45) is 5.92 Å². The number of piperidine rings is 1. The number of aromatic nitrogens is 2. The Balaban J connectivity index is 0.00000121. The lowest BCUT2D eigenvalue weighted by Gasteiger charge is -2.36. The fourth-order valence-corrected chi connectivity index (χ4v) is 2.97. The van der Waals surface area contributed by atoms with Gasteiger partial charge in [0.2, 0.25) is 5.91 Å². The first-order chi connectivity index (χ1) is 9.83. The van der Waals surface area contributed by atoms with Crippen molar-refractivity contribution in [2.45, 2.75) is 25.5 Å². The van der Waals surface area contributed by atoms with Crippen molar-refractivity contribution < 1.29 is 9.53 Å². The molecule has 1 aromatic rings. The van der Waals surface area contributed by atoms with E-state index in [1.807, 2.05) is 21.8 Å². The van der Waals surface area contributed by atoms with E-state index in [1.165, 1.54) is 0 Å². The highest BCUT2D eigenvalue weighted by atomic mass is 35.5. The van der Waals surface area contributed by atoms with Gasteiger partial charge in [0.05, 0.1) is 25.2 Å². The summed E-state index contributed by atoms with van der Waals surface area (Å²) in [4.78, 5) is 14.5. The number of morpholine rings is 1. The number of carbonyl (C=O) groups is 1. The van der Waals surface area contributed by atoms with Crippen LogP contribution in [-0.4, -0.2) is 59.5 Å². The minimum Gasteiger partial charge on any atom is -0.373 e. The molecule has 0 bridgehead atoms. The van der Waals surface area contributed by atoms with Crippen molar-refractivity contribution in [1.82, 2.24) is 20.0 Å². The van der Waals surface area contributed by atoms with E-state index < -0.39 is 0 Å². The van der Waals surface area contributed by atoms with Gasteiger partial charge in [-0.2, -0.15) is 5.10 Å². The smallest absolute Gasteiger partial charge is 0.227 e. The van der Waals surface area contributed by atoms with E-state index in [1.54, 1.807) is 6.20 Å². The third-order valence-corrected chi connectivity index (χ3v) is 4.05. The maximum absolute atomic E-state index is 12.5. The second kappa shape index (κ2) is 9.35. The average Bonchev–Trinajstić information content (AvgIpc) is 3.01. The molecular formula is C14H24Cl2N4O2. The van der Waals surface area contributed by atoms with Crippen LogP contribution in [0.25, 0.3) is 0 Å². The molecular weight excluding hydrogens is 327 g/mol. The van der Waals surface area contributed by atoms with Crippen LogP contribution >= 0.6 is 24.8 Å². The molecule has 0 aromatic carbocycles. The number of amides is 1. The van der Waals surface area contributed by atoms with Crippen molar-refractivity contribution in [3.8, 4) is 0 Å². The molecule has 0 spiro atoms. The van der Waals surface area contributed by atoms with Gasteiger partial charge in [0.25, 0.3) is 0 Å². The summed E-state index contributed by atoms with van der Waals surface area (Å²) in [6, 6.07) is 1.90. The van der Waals surface area contributed by atoms with Crippen LogP contribution < -0.4 is 5.32 Å². The van der Waals surface area contributed by atoms with Gasteiger partial charge >= 0.3 is 0 Å². The van der Waals surface area contributed by atoms with E-state index in [2.05, 4.69) is 10.4 Å². The molecule has 2 aliphatic rings. The number of rotatable bonds is 3. The maximum Gasteiger partial charge on any atom is 0.227 e. The molecule has 22 heavy (non-hydrogen) atoms. The predicted molar refractivity (Wildman–Crippen MR) is 88.6 cm³/mol. The van der Waals surface area contributed by atoms with Crippen molar-refractivity contribution in [3.63, 3.8) is 0 Å². The summed E-state index contributed by atoms with van der Waals surface area (Å²) in [7, 11) is 0. The Hall–Kier alpha value is -0.820. The SMILES string of the molecule is Cl.Cl.O=C(C1CCCNC1)N1CCOC(Cn2cccn2)C1. The average molecular weight is 351 g/mol. The van der Waals surface area contributed by atoms with Gasteiger partial charge in [-0.3, -0.25) is 9.48 Å². The summed E-state index contributed by atoms with van der Waals surface area (Å²) < 4.78 is 7.61. The molecule has 3 heterocycles. The van der Waals surface area contributed by atoms with E-state index in [4.69, 9.17) is 4.74 Å². The molecule has 1 aromatic heterocycles. The van der Waals surface area contributed by atoms with Crippen LogP contribution in [0.15, 0.2) is 18.5 Å². The highest BCUT2D eigenvalue weighted by Crippen LogP contribution is 2.16. The fourth-order valence-electron chi connectivity index (χ4n) is 2.97. The van der Waals surface area contributed by atoms with Crippen molar-refractivity contribution >= 4 is 30.7 Å². The summed E-state index contributed by atoms with van der Waals surface area (Å²) in [5.74, 6) is 0.429. The molecule has 3 rings (SSSR count). The summed E-state index contributed by atoms with van der Waals surface area (Å²) in [6.07, 6.45) is 5.84. The van der Waals surface area contributed by atoms with Crippen LogP contribution in [-0.2, 0) is 16.1 Å². The Kier molecular flexibility index (Phi) is 8.17. The first-order valence-electron chi connectivity index (χ1n) is 7.41. The zero-order valence-electron chi connectivity index (χ0n) is 12.5. The highest BCUT2D eigenvalue weighted by Gasteiger charge is 2.30. The lowest BCUT2D eigenvalue weighted by Crippen LogP contribution is -2.51. The summed E-state index contributed by atoms with van der Waals surface area (Å²) in [5.41, 5.74) is 0. The lowest BCUT2D eigenvalue weighted by molar-refractivity contribution is -0.144. The number of halogens is 2.